The topological polar surface area (TPSA) is 59.8 Å². The molecule has 0 bridgehead atoms. The first-order valence-corrected chi connectivity index (χ1v) is 8.39. The Morgan fingerprint density at radius 2 is 2.08 bits per heavy atom. The zero-order valence-corrected chi connectivity index (χ0v) is 14.1. The van der Waals surface area contributed by atoms with Gasteiger partial charge in [0, 0.05) is 24.3 Å². The first-order valence-electron chi connectivity index (χ1n) is 8.39. The van der Waals surface area contributed by atoms with Gasteiger partial charge in [0.05, 0.1) is 11.2 Å². The summed E-state index contributed by atoms with van der Waals surface area (Å²) in [5.41, 5.74) is 2.17. The Balaban J connectivity index is 1.98. The number of para-hydroxylation sites is 1. The summed E-state index contributed by atoms with van der Waals surface area (Å²) in [7, 11) is 0. The minimum atomic E-state index is -0.129. The van der Waals surface area contributed by atoms with Crippen LogP contribution in [0.2, 0.25) is 0 Å². The first-order chi connectivity index (χ1) is 11.7. The number of amides is 1. The minimum Gasteiger partial charge on any atom is -0.351 e. The van der Waals surface area contributed by atoms with E-state index in [1.165, 1.54) is 0 Å². The molecule has 0 spiro atoms. The second kappa shape index (κ2) is 7.25. The van der Waals surface area contributed by atoms with Crippen LogP contribution < -0.4 is 5.32 Å². The molecule has 24 heavy (non-hydrogen) atoms. The quantitative estimate of drug-likeness (QED) is 0.705. The molecular formula is C19H22N4O. The fourth-order valence-electron chi connectivity index (χ4n) is 2.77. The zero-order chi connectivity index (χ0) is 16.9. The normalized spacial score (nSPS) is 10.9. The largest absolute Gasteiger partial charge is 0.351 e. The Morgan fingerprint density at radius 1 is 1.25 bits per heavy atom. The van der Waals surface area contributed by atoms with E-state index in [0.29, 0.717) is 12.2 Å². The van der Waals surface area contributed by atoms with Crippen molar-refractivity contribution in [2.75, 3.05) is 6.54 Å². The molecule has 0 saturated carbocycles. The fraction of sp³-hybridized carbons (Fsp3) is 0.316. The van der Waals surface area contributed by atoms with Gasteiger partial charge in [0.15, 0.2) is 0 Å². The van der Waals surface area contributed by atoms with Gasteiger partial charge < -0.3 is 9.88 Å². The van der Waals surface area contributed by atoms with Crippen molar-refractivity contribution in [2.24, 2.45) is 0 Å². The minimum absolute atomic E-state index is 0.129. The van der Waals surface area contributed by atoms with Gasteiger partial charge in [0.2, 0.25) is 0 Å². The number of hydrogen-bond acceptors (Lipinski definition) is 3. The van der Waals surface area contributed by atoms with E-state index in [2.05, 4.69) is 22.2 Å². The highest BCUT2D eigenvalue weighted by Crippen LogP contribution is 2.23. The lowest BCUT2D eigenvalue weighted by Gasteiger charge is -2.12. The molecule has 3 rings (SSSR count). The molecule has 124 valence electrons. The highest BCUT2D eigenvalue weighted by atomic mass is 16.1. The maximum absolute atomic E-state index is 12.5. The van der Waals surface area contributed by atoms with E-state index in [0.717, 1.165) is 41.7 Å². The highest BCUT2D eigenvalue weighted by molar-refractivity contribution is 5.97. The standard InChI is InChI=1S/C19H22N4O/c1-3-4-7-10-21-19(24)17-13-18(23-12-11-20-14(23)2)15-8-5-6-9-16(15)22-17/h5-6,8-9,11-13H,3-4,7,10H2,1-2H3,(H,21,24). The molecule has 0 radical (unpaired) electrons. The molecular weight excluding hydrogens is 300 g/mol. The molecule has 1 amide bonds. The number of aryl methyl sites for hydroxylation is 1. The van der Waals surface area contributed by atoms with E-state index in [1.807, 2.05) is 48.0 Å². The van der Waals surface area contributed by atoms with Crippen LogP contribution in [0.1, 0.15) is 42.5 Å². The van der Waals surface area contributed by atoms with Crippen molar-refractivity contribution in [3.05, 3.63) is 54.2 Å². The number of aromatic nitrogens is 3. The Morgan fingerprint density at radius 3 is 2.83 bits per heavy atom. The first kappa shape index (κ1) is 16.2. The third kappa shape index (κ3) is 3.30. The number of imidazole rings is 1. The van der Waals surface area contributed by atoms with Gasteiger partial charge in [-0.05, 0) is 25.5 Å². The summed E-state index contributed by atoms with van der Waals surface area (Å²) >= 11 is 0. The number of nitrogens with one attached hydrogen (secondary N) is 1. The van der Waals surface area contributed by atoms with Crippen molar-refractivity contribution in [3.63, 3.8) is 0 Å². The molecule has 0 unspecified atom stereocenters. The molecule has 0 fully saturated rings. The molecule has 3 aromatic rings. The van der Waals surface area contributed by atoms with Gasteiger partial charge in [-0.1, -0.05) is 38.0 Å². The van der Waals surface area contributed by atoms with Crippen LogP contribution in [-0.4, -0.2) is 27.0 Å². The Bertz CT molecular complexity index is 853. The molecule has 0 atom stereocenters. The number of carbonyl (C=O) groups excluding carboxylic acids is 1. The van der Waals surface area contributed by atoms with Gasteiger partial charge in [0.1, 0.15) is 11.5 Å². The maximum atomic E-state index is 12.5. The van der Waals surface area contributed by atoms with Crippen LogP contribution in [0.25, 0.3) is 16.6 Å². The van der Waals surface area contributed by atoms with Crippen molar-refractivity contribution in [1.82, 2.24) is 19.9 Å². The lowest BCUT2D eigenvalue weighted by molar-refractivity contribution is 0.0948. The fourth-order valence-corrected chi connectivity index (χ4v) is 2.77. The summed E-state index contributed by atoms with van der Waals surface area (Å²) in [6.07, 6.45) is 6.90. The number of nitrogens with zero attached hydrogens (tertiary/aromatic N) is 3. The Hall–Kier alpha value is -2.69. The second-order valence-corrected chi connectivity index (χ2v) is 5.85. The van der Waals surface area contributed by atoms with E-state index in [4.69, 9.17) is 0 Å². The number of unbranched alkanes of at least 4 members (excludes halogenated alkanes) is 2. The molecule has 1 N–H and O–H groups in total. The SMILES string of the molecule is CCCCCNC(=O)c1cc(-n2ccnc2C)c2ccccc2n1. The van der Waals surface area contributed by atoms with Gasteiger partial charge in [-0.3, -0.25) is 4.79 Å². The molecule has 0 aliphatic rings. The monoisotopic (exact) mass is 322 g/mol. The van der Waals surface area contributed by atoms with E-state index in [-0.39, 0.29) is 5.91 Å². The number of rotatable bonds is 6. The van der Waals surface area contributed by atoms with Gasteiger partial charge in [-0.2, -0.15) is 0 Å². The van der Waals surface area contributed by atoms with Crippen LogP contribution in [0.3, 0.4) is 0 Å². The molecule has 5 heteroatoms. The van der Waals surface area contributed by atoms with Crippen molar-refractivity contribution in [3.8, 4) is 5.69 Å². The summed E-state index contributed by atoms with van der Waals surface area (Å²) < 4.78 is 1.98. The maximum Gasteiger partial charge on any atom is 0.269 e. The highest BCUT2D eigenvalue weighted by Gasteiger charge is 2.13. The predicted octanol–water partition coefficient (Wildman–Crippen LogP) is 3.65. The Labute approximate surface area is 141 Å². The number of fused-ring (bicyclic) bond motifs is 1. The van der Waals surface area contributed by atoms with E-state index in [9.17, 15) is 4.79 Å². The summed E-state index contributed by atoms with van der Waals surface area (Å²) in [6.45, 7) is 4.77. The van der Waals surface area contributed by atoms with Gasteiger partial charge >= 0.3 is 0 Å². The molecule has 1 aromatic carbocycles. The number of pyridine rings is 1. The van der Waals surface area contributed by atoms with E-state index in [1.54, 1.807) is 6.20 Å². The van der Waals surface area contributed by atoms with E-state index < -0.39 is 0 Å². The van der Waals surface area contributed by atoms with Crippen LogP contribution in [0, 0.1) is 6.92 Å². The van der Waals surface area contributed by atoms with Crippen molar-refractivity contribution in [2.45, 2.75) is 33.1 Å². The third-order valence-electron chi connectivity index (χ3n) is 4.08. The lowest BCUT2D eigenvalue weighted by Crippen LogP contribution is -2.25. The third-order valence-corrected chi connectivity index (χ3v) is 4.08. The molecule has 0 aliphatic heterocycles. The number of hydrogen-bond donors (Lipinski definition) is 1. The van der Waals surface area contributed by atoms with Crippen LogP contribution in [0.4, 0.5) is 0 Å². The van der Waals surface area contributed by atoms with Crippen molar-refractivity contribution in [1.29, 1.82) is 0 Å². The van der Waals surface area contributed by atoms with Crippen LogP contribution >= 0.6 is 0 Å². The van der Waals surface area contributed by atoms with Gasteiger partial charge in [-0.25, -0.2) is 9.97 Å². The van der Waals surface area contributed by atoms with Gasteiger partial charge in [0.25, 0.3) is 5.91 Å². The summed E-state index contributed by atoms with van der Waals surface area (Å²) in [6, 6.07) is 9.69. The summed E-state index contributed by atoms with van der Waals surface area (Å²) in [5.74, 6) is 0.747. The molecule has 2 heterocycles. The molecule has 5 nitrogen and oxygen atoms in total. The van der Waals surface area contributed by atoms with Crippen LogP contribution in [0.5, 0.6) is 0 Å². The average molecular weight is 322 g/mol. The summed E-state index contributed by atoms with van der Waals surface area (Å²) in [4.78, 5) is 21.3. The van der Waals surface area contributed by atoms with E-state index >= 15 is 0 Å². The molecule has 2 aromatic heterocycles. The van der Waals surface area contributed by atoms with Gasteiger partial charge in [-0.15, -0.1) is 0 Å². The number of benzene rings is 1. The molecule has 0 saturated heterocycles. The van der Waals surface area contributed by atoms with Crippen molar-refractivity contribution >= 4 is 16.8 Å². The predicted molar refractivity (Wildman–Crippen MR) is 95.5 cm³/mol. The summed E-state index contributed by atoms with van der Waals surface area (Å²) in [5, 5.41) is 3.96. The van der Waals surface area contributed by atoms with Crippen molar-refractivity contribution < 1.29 is 4.79 Å². The lowest BCUT2D eigenvalue weighted by atomic mass is 10.1. The zero-order valence-electron chi connectivity index (χ0n) is 14.1. The smallest absolute Gasteiger partial charge is 0.269 e. The van der Waals surface area contributed by atoms with Crippen LogP contribution in [-0.2, 0) is 0 Å². The van der Waals surface area contributed by atoms with Crippen LogP contribution in [0.15, 0.2) is 42.7 Å². The molecule has 0 aliphatic carbocycles. The number of carbonyl (C=O) groups is 1. The second-order valence-electron chi connectivity index (χ2n) is 5.85. The average Bonchev–Trinajstić information content (AvgIpc) is 3.03. The Kier molecular flexibility index (Phi) is 4.89.